The van der Waals surface area contributed by atoms with Crippen LogP contribution in [0.25, 0.3) is 22.8 Å². The second kappa shape index (κ2) is 10.6. The van der Waals surface area contributed by atoms with Gasteiger partial charge in [-0.05, 0) is 48.9 Å². The molecule has 5 rings (SSSR count). The van der Waals surface area contributed by atoms with Crippen LogP contribution in [0.3, 0.4) is 0 Å². The van der Waals surface area contributed by atoms with Crippen LogP contribution >= 0.6 is 0 Å². The minimum Gasteiger partial charge on any atom is -0.457 e. The van der Waals surface area contributed by atoms with Crippen molar-refractivity contribution in [3.05, 3.63) is 108 Å². The number of carbonyl (C=O) groups excluding carboxylic acids is 1. The second-order valence-electron chi connectivity index (χ2n) is 8.88. The predicted molar refractivity (Wildman–Crippen MR) is 143 cm³/mol. The van der Waals surface area contributed by atoms with E-state index in [1.165, 1.54) is 11.2 Å². The van der Waals surface area contributed by atoms with E-state index in [9.17, 15) is 4.79 Å². The van der Waals surface area contributed by atoms with Gasteiger partial charge < -0.3 is 18.8 Å². The zero-order chi connectivity index (χ0) is 25.8. The van der Waals surface area contributed by atoms with Gasteiger partial charge in [0, 0.05) is 43.9 Å². The summed E-state index contributed by atoms with van der Waals surface area (Å²) in [6.07, 6.45) is 1.56. The zero-order valence-corrected chi connectivity index (χ0v) is 21.1. The Bertz CT molecular complexity index is 1380. The highest BCUT2D eigenvalue weighted by molar-refractivity contribution is 5.99. The van der Waals surface area contributed by atoms with E-state index >= 15 is 0 Å². The van der Waals surface area contributed by atoms with Crippen molar-refractivity contribution in [2.75, 3.05) is 25.5 Å². The average Bonchev–Trinajstić information content (AvgIpc) is 3.58. The molecule has 0 spiro atoms. The van der Waals surface area contributed by atoms with Crippen LogP contribution < -0.4 is 4.90 Å². The maximum absolute atomic E-state index is 13.9. The standard InChI is InChI=1S/C30H29N3O4/c1-4-33(25-20-35-26(36-25)19-21-11-7-5-8-12-21)30(34)27-28(22-15-17-24(18-16-22)32(2)3)37-29(31-27)23-13-9-6-10-14-23/h5-18,20,26H,4,19H2,1-3H3. The summed E-state index contributed by atoms with van der Waals surface area (Å²) in [4.78, 5) is 22.0. The number of hydrogen-bond donors (Lipinski definition) is 0. The van der Waals surface area contributed by atoms with Gasteiger partial charge in [-0.3, -0.25) is 9.69 Å². The summed E-state index contributed by atoms with van der Waals surface area (Å²) in [5.74, 6) is 0.820. The van der Waals surface area contributed by atoms with Gasteiger partial charge in [-0.2, -0.15) is 0 Å². The summed E-state index contributed by atoms with van der Waals surface area (Å²) in [5.41, 5.74) is 3.90. The molecule has 3 aromatic carbocycles. The van der Waals surface area contributed by atoms with Gasteiger partial charge in [0.2, 0.25) is 18.1 Å². The summed E-state index contributed by atoms with van der Waals surface area (Å²) < 4.78 is 18.0. The lowest BCUT2D eigenvalue weighted by atomic mass is 10.1. The maximum atomic E-state index is 13.9. The molecular formula is C30H29N3O4. The lowest BCUT2D eigenvalue weighted by Gasteiger charge is -2.21. The Morgan fingerprint density at radius 2 is 1.57 bits per heavy atom. The SMILES string of the molecule is CCN(C(=O)c1nc(-c2ccccc2)oc1-c1ccc(N(C)C)cc1)C1=COC(Cc2ccccc2)O1. The molecule has 188 valence electrons. The number of anilines is 1. The fraction of sp³-hybridized carbons (Fsp3) is 0.200. The van der Waals surface area contributed by atoms with Crippen molar-refractivity contribution in [1.29, 1.82) is 0 Å². The van der Waals surface area contributed by atoms with Crippen molar-refractivity contribution >= 4 is 11.6 Å². The van der Waals surface area contributed by atoms with Crippen molar-refractivity contribution < 1.29 is 18.7 Å². The zero-order valence-electron chi connectivity index (χ0n) is 21.1. The molecule has 0 N–H and O–H groups in total. The summed E-state index contributed by atoms with van der Waals surface area (Å²) in [6.45, 7) is 2.26. The third-order valence-corrected chi connectivity index (χ3v) is 6.14. The van der Waals surface area contributed by atoms with Gasteiger partial charge in [0.15, 0.2) is 11.5 Å². The maximum Gasteiger partial charge on any atom is 0.283 e. The van der Waals surface area contributed by atoms with Gasteiger partial charge in [0.1, 0.15) is 6.26 Å². The van der Waals surface area contributed by atoms with Crippen LogP contribution in [-0.4, -0.2) is 42.7 Å². The van der Waals surface area contributed by atoms with Crippen LogP contribution in [-0.2, 0) is 15.9 Å². The summed E-state index contributed by atoms with van der Waals surface area (Å²) >= 11 is 0. The van der Waals surface area contributed by atoms with Crippen molar-refractivity contribution in [2.24, 2.45) is 0 Å². The van der Waals surface area contributed by atoms with Crippen molar-refractivity contribution in [3.63, 3.8) is 0 Å². The number of hydrogen-bond acceptors (Lipinski definition) is 6. The van der Waals surface area contributed by atoms with E-state index in [0.29, 0.717) is 30.5 Å². The molecule has 1 unspecified atom stereocenters. The normalized spacial score (nSPS) is 14.5. The van der Waals surface area contributed by atoms with Gasteiger partial charge in [-0.25, -0.2) is 4.98 Å². The van der Waals surface area contributed by atoms with Crippen LogP contribution in [0.5, 0.6) is 0 Å². The average molecular weight is 496 g/mol. The molecule has 0 radical (unpaired) electrons. The highest BCUT2D eigenvalue weighted by atomic mass is 16.7. The van der Waals surface area contributed by atoms with E-state index in [0.717, 1.165) is 22.4 Å². The van der Waals surface area contributed by atoms with Gasteiger partial charge in [0.05, 0.1) is 0 Å². The number of aromatic nitrogens is 1. The van der Waals surface area contributed by atoms with Crippen LogP contribution in [0, 0.1) is 0 Å². The van der Waals surface area contributed by atoms with Gasteiger partial charge in [-0.15, -0.1) is 0 Å². The molecule has 7 heteroatoms. The Balaban J connectivity index is 1.44. The molecule has 0 fully saturated rings. The topological polar surface area (TPSA) is 68.0 Å². The molecule has 1 atom stereocenters. The first-order chi connectivity index (χ1) is 18.0. The molecule has 2 heterocycles. The molecule has 7 nitrogen and oxygen atoms in total. The molecule has 1 amide bonds. The minimum atomic E-state index is -0.505. The molecule has 0 bridgehead atoms. The lowest BCUT2D eigenvalue weighted by molar-refractivity contribution is -0.0448. The van der Waals surface area contributed by atoms with Crippen LogP contribution in [0.15, 0.2) is 101 Å². The fourth-order valence-corrected chi connectivity index (χ4v) is 4.15. The van der Waals surface area contributed by atoms with Gasteiger partial charge >= 0.3 is 0 Å². The van der Waals surface area contributed by atoms with E-state index in [1.807, 2.05) is 111 Å². The number of benzene rings is 3. The first-order valence-electron chi connectivity index (χ1n) is 12.3. The third kappa shape index (κ3) is 5.21. The summed E-state index contributed by atoms with van der Waals surface area (Å²) in [6, 6.07) is 27.3. The van der Waals surface area contributed by atoms with Gasteiger partial charge in [-0.1, -0.05) is 48.5 Å². The second-order valence-corrected chi connectivity index (χ2v) is 8.88. The Morgan fingerprint density at radius 3 is 2.22 bits per heavy atom. The van der Waals surface area contributed by atoms with E-state index in [4.69, 9.17) is 13.9 Å². The molecule has 37 heavy (non-hydrogen) atoms. The van der Waals surface area contributed by atoms with E-state index in [-0.39, 0.29) is 11.6 Å². The number of oxazole rings is 1. The van der Waals surface area contributed by atoms with Crippen LogP contribution in [0.4, 0.5) is 5.69 Å². The third-order valence-electron chi connectivity index (χ3n) is 6.14. The van der Waals surface area contributed by atoms with Gasteiger partial charge in [0.25, 0.3) is 5.91 Å². The monoisotopic (exact) mass is 495 g/mol. The Labute approximate surface area is 216 Å². The first kappa shape index (κ1) is 24.2. The molecule has 0 aliphatic carbocycles. The fourth-order valence-electron chi connectivity index (χ4n) is 4.15. The molecule has 4 aromatic rings. The largest absolute Gasteiger partial charge is 0.457 e. The predicted octanol–water partition coefficient (Wildman–Crippen LogP) is 5.95. The summed E-state index contributed by atoms with van der Waals surface area (Å²) in [5, 5.41) is 0. The number of ether oxygens (including phenoxy) is 2. The molecule has 0 saturated carbocycles. The van der Waals surface area contributed by atoms with Crippen LogP contribution in [0.2, 0.25) is 0 Å². The molecule has 1 aromatic heterocycles. The quantitative estimate of drug-likeness (QED) is 0.301. The highest BCUT2D eigenvalue weighted by Gasteiger charge is 2.32. The van der Waals surface area contributed by atoms with Crippen molar-refractivity contribution in [3.8, 4) is 22.8 Å². The number of nitrogens with zero attached hydrogens (tertiary/aromatic N) is 3. The highest BCUT2D eigenvalue weighted by Crippen LogP contribution is 2.33. The minimum absolute atomic E-state index is 0.217. The van der Waals surface area contributed by atoms with Crippen LogP contribution in [0.1, 0.15) is 23.0 Å². The smallest absolute Gasteiger partial charge is 0.283 e. The Morgan fingerprint density at radius 1 is 0.892 bits per heavy atom. The van der Waals surface area contributed by atoms with E-state index in [1.54, 1.807) is 0 Å². The van der Waals surface area contributed by atoms with E-state index in [2.05, 4.69) is 4.98 Å². The van der Waals surface area contributed by atoms with Crippen molar-refractivity contribution in [2.45, 2.75) is 19.6 Å². The lowest BCUT2D eigenvalue weighted by Crippen LogP contribution is -2.32. The number of amides is 1. The summed E-state index contributed by atoms with van der Waals surface area (Å²) in [7, 11) is 3.96. The molecular weight excluding hydrogens is 466 g/mol. The Kier molecular flexibility index (Phi) is 6.94. The van der Waals surface area contributed by atoms with Crippen molar-refractivity contribution in [1.82, 2.24) is 9.88 Å². The van der Waals surface area contributed by atoms with E-state index < -0.39 is 6.29 Å². The molecule has 1 aliphatic heterocycles. The number of rotatable bonds is 8. The molecule has 0 saturated heterocycles. The Hall–Kier alpha value is -4.52. The number of carbonyl (C=O) groups is 1. The first-order valence-corrected chi connectivity index (χ1v) is 12.3. The molecule has 1 aliphatic rings.